The average molecular weight is 291 g/mol. The number of ketones is 1. The van der Waals surface area contributed by atoms with Gasteiger partial charge in [-0.05, 0) is 32.3 Å². The van der Waals surface area contributed by atoms with Gasteiger partial charge in [-0.3, -0.25) is 4.79 Å². The fourth-order valence-corrected chi connectivity index (χ4v) is 3.01. The number of aromatic nitrogens is 2. The summed E-state index contributed by atoms with van der Waals surface area (Å²) in [4.78, 5) is 19.5. The summed E-state index contributed by atoms with van der Waals surface area (Å²) in [5, 5.41) is 6.26. The van der Waals surface area contributed by atoms with Gasteiger partial charge in [-0.25, -0.2) is 4.98 Å². The molecule has 0 saturated carbocycles. The molecule has 0 aliphatic rings. The summed E-state index contributed by atoms with van der Waals surface area (Å²) in [6, 6.07) is 0. The number of aryl methyl sites for hydroxylation is 1. The predicted molar refractivity (Wildman–Crippen MR) is 84.7 cm³/mol. The Labute approximate surface area is 123 Å². The lowest BCUT2D eigenvalue weighted by Gasteiger charge is -2.04. The molecule has 0 bridgehead atoms. The summed E-state index contributed by atoms with van der Waals surface area (Å²) in [5.74, 6) is 0.678. The topological polar surface area (TPSA) is 57.8 Å². The Balaban J connectivity index is 2.29. The Morgan fingerprint density at radius 1 is 1.45 bits per heavy atom. The molecule has 0 aromatic carbocycles. The number of rotatable bonds is 5. The van der Waals surface area contributed by atoms with Gasteiger partial charge < -0.3 is 10.3 Å². The van der Waals surface area contributed by atoms with Crippen molar-refractivity contribution in [3.8, 4) is 11.4 Å². The number of carbonyl (C=O) groups is 1. The lowest BCUT2D eigenvalue weighted by Crippen LogP contribution is -2.07. The van der Waals surface area contributed by atoms with Gasteiger partial charge in [-0.15, -0.1) is 11.3 Å². The van der Waals surface area contributed by atoms with Crippen LogP contribution in [0.2, 0.25) is 0 Å². The van der Waals surface area contributed by atoms with Gasteiger partial charge in [0.2, 0.25) is 0 Å². The minimum Gasteiger partial charge on any atom is -0.361 e. The van der Waals surface area contributed by atoms with Crippen LogP contribution in [0, 0.1) is 19.8 Å². The molecule has 5 heteroatoms. The highest BCUT2D eigenvalue weighted by molar-refractivity contribution is 7.14. The van der Waals surface area contributed by atoms with Crippen molar-refractivity contribution in [3.63, 3.8) is 0 Å². The van der Waals surface area contributed by atoms with Crippen molar-refractivity contribution < 1.29 is 4.79 Å². The molecule has 2 N–H and O–H groups in total. The Hall–Kier alpha value is -1.62. The zero-order valence-electron chi connectivity index (χ0n) is 12.6. The summed E-state index contributed by atoms with van der Waals surface area (Å²) in [6.07, 6.45) is 0. The molecule has 0 aliphatic carbocycles. The number of hydrogen-bond acceptors (Lipinski definition) is 4. The van der Waals surface area contributed by atoms with Gasteiger partial charge >= 0.3 is 0 Å². The largest absolute Gasteiger partial charge is 0.361 e. The minimum atomic E-state index is 0.0934. The summed E-state index contributed by atoms with van der Waals surface area (Å²) >= 11 is 1.59. The number of Topliss-reactive ketones (excluding diaryl/α,β-unsaturated/α-hetero) is 1. The molecule has 108 valence electrons. The third-order valence-corrected chi connectivity index (χ3v) is 4.01. The molecule has 0 saturated heterocycles. The van der Waals surface area contributed by atoms with Crippen LogP contribution in [-0.4, -0.2) is 22.3 Å². The molecule has 0 atom stereocenters. The Morgan fingerprint density at radius 2 is 2.15 bits per heavy atom. The first-order valence-corrected chi connectivity index (χ1v) is 7.68. The first-order chi connectivity index (χ1) is 9.40. The monoisotopic (exact) mass is 291 g/mol. The van der Waals surface area contributed by atoms with Gasteiger partial charge in [-0.2, -0.15) is 0 Å². The number of thiazole rings is 1. The maximum atomic E-state index is 11.7. The Morgan fingerprint density at radius 3 is 2.70 bits per heavy atom. The van der Waals surface area contributed by atoms with E-state index in [0.717, 1.165) is 39.9 Å². The minimum absolute atomic E-state index is 0.0934. The summed E-state index contributed by atoms with van der Waals surface area (Å²) in [6.45, 7) is 10.7. The predicted octanol–water partition coefficient (Wildman–Crippen LogP) is 4.03. The molecular formula is C15H21N3OS. The van der Waals surface area contributed by atoms with E-state index in [4.69, 9.17) is 0 Å². The fraction of sp³-hybridized carbons (Fsp3) is 0.467. The number of H-pyrrole nitrogens is 1. The van der Waals surface area contributed by atoms with Crippen LogP contribution in [0.25, 0.3) is 11.4 Å². The van der Waals surface area contributed by atoms with Gasteiger partial charge in [0, 0.05) is 23.2 Å². The third kappa shape index (κ3) is 2.93. The lowest BCUT2D eigenvalue weighted by atomic mass is 10.1. The molecule has 2 rings (SSSR count). The number of aromatic amines is 1. The third-order valence-electron chi connectivity index (χ3n) is 3.21. The zero-order chi connectivity index (χ0) is 14.9. The molecule has 0 amide bonds. The highest BCUT2D eigenvalue weighted by Gasteiger charge is 2.17. The van der Waals surface area contributed by atoms with Gasteiger partial charge in [0.15, 0.2) is 10.9 Å². The van der Waals surface area contributed by atoms with Crippen LogP contribution in [0.5, 0.6) is 0 Å². The number of carbonyl (C=O) groups excluding carboxylic acids is 1. The molecule has 2 aromatic rings. The normalized spacial score (nSPS) is 11.1. The maximum Gasteiger partial charge on any atom is 0.183 e. The second kappa shape index (κ2) is 5.79. The second-order valence-electron chi connectivity index (χ2n) is 5.49. The van der Waals surface area contributed by atoms with Crippen molar-refractivity contribution in [1.29, 1.82) is 0 Å². The van der Waals surface area contributed by atoms with Crippen molar-refractivity contribution in [2.75, 3.05) is 11.9 Å². The number of nitrogens with one attached hydrogen (secondary N) is 2. The van der Waals surface area contributed by atoms with E-state index in [1.54, 1.807) is 18.3 Å². The van der Waals surface area contributed by atoms with Crippen molar-refractivity contribution in [2.24, 2.45) is 5.92 Å². The van der Waals surface area contributed by atoms with Gasteiger partial charge in [0.05, 0.1) is 5.69 Å². The fourth-order valence-electron chi connectivity index (χ4n) is 2.30. The quantitative estimate of drug-likeness (QED) is 0.818. The highest BCUT2D eigenvalue weighted by Crippen LogP contribution is 2.30. The van der Waals surface area contributed by atoms with Crippen molar-refractivity contribution in [2.45, 2.75) is 34.6 Å². The van der Waals surface area contributed by atoms with Crippen LogP contribution in [0.3, 0.4) is 0 Å². The van der Waals surface area contributed by atoms with E-state index in [2.05, 4.69) is 29.1 Å². The van der Waals surface area contributed by atoms with E-state index in [0.29, 0.717) is 5.92 Å². The van der Waals surface area contributed by atoms with Gasteiger partial charge in [0.1, 0.15) is 5.69 Å². The zero-order valence-corrected chi connectivity index (χ0v) is 13.4. The van der Waals surface area contributed by atoms with Crippen LogP contribution < -0.4 is 5.32 Å². The van der Waals surface area contributed by atoms with Crippen molar-refractivity contribution in [1.82, 2.24) is 9.97 Å². The van der Waals surface area contributed by atoms with E-state index in [-0.39, 0.29) is 5.78 Å². The molecule has 2 aromatic heterocycles. The number of hydrogen-bond donors (Lipinski definition) is 2. The van der Waals surface area contributed by atoms with Gasteiger partial charge in [0.25, 0.3) is 0 Å². The summed E-state index contributed by atoms with van der Waals surface area (Å²) < 4.78 is 0. The Bertz CT molecular complexity index is 625. The second-order valence-corrected chi connectivity index (χ2v) is 6.35. The summed E-state index contributed by atoms with van der Waals surface area (Å²) in [5.41, 5.74) is 4.52. The first-order valence-electron chi connectivity index (χ1n) is 6.80. The van der Waals surface area contributed by atoms with E-state index in [1.165, 1.54) is 0 Å². The van der Waals surface area contributed by atoms with E-state index in [9.17, 15) is 4.79 Å². The van der Waals surface area contributed by atoms with Crippen LogP contribution in [-0.2, 0) is 0 Å². The van der Waals surface area contributed by atoms with Gasteiger partial charge in [-0.1, -0.05) is 13.8 Å². The maximum absolute atomic E-state index is 11.7. The lowest BCUT2D eigenvalue weighted by molar-refractivity contribution is 0.101. The molecule has 2 heterocycles. The van der Waals surface area contributed by atoms with E-state index in [1.807, 2.05) is 19.2 Å². The standard InChI is InChI=1S/C15H21N3OS/c1-8(2)6-16-15-18-12(7-20-15)14-9(3)13(11(5)19)10(4)17-14/h7-8,17H,6H2,1-5H3,(H,16,18). The van der Waals surface area contributed by atoms with Crippen LogP contribution in [0.4, 0.5) is 5.13 Å². The molecule has 0 unspecified atom stereocenters. The van der Waals surface area contributed by atoms with Crippen molar-refractivity contribution in [3.05, 3.63) is 22.2 Å². The average Bonchev–Trinajstić information content (AvgIpc) is 2.91. The van der Waals surface area contributed by atoms with Crippen LogP contribution in [0.15, 0.2) is 5.38 Å². The molecule has 4 nitrogen and oxygen atoms in total. The molecule has 0 radical (unpaired) electrons. The SMILES string of the molecule is CC(=O)c1c(C)[nH]c(-c2csc(NCC(C)C)n2)c1C. The molecule has 0 fully saturated rings. The van der Waals surface area contributed by atoms with E-state index < -0.39 is 0 Å². The first kappa shape index (κ1) is 14.8. The number of anilines is 1. The smallest absolute Gasteiger partial charge is 0.183 e. The highest BCUT2D eigenvalue weighted by atomic mass is 32.1. The van der Waals surface area contributed by atoms with E-state index >= 15 is 0 Å². The molecule has 20 heavy (non-hydrogen) atoms. The molecule has 0 aliphatic heterocycles. The van der Waals surface area contributed by atoms with Crippen LogP contribution in [0.1, 0.15) is 42.4 Å². The number of nitrogens with zero attached hydrogens (tertiary/aromatic N) is 1. The summed E-state index contributed by atoms with van der Waals surface area (Å²) in [7, 11) is 0. The Kier molecular flexibility index (Phi) is 4.28. The molecular weight excluding hydrogens is 270 g/mol. The van der Waals surface area contributed by atoms with Crippen LogP contribution >= 0.6 is 11.3 Å². The van der Waals surface area contributed by atoms with Crippen molar-refractivity contribution >= 4 is 22.3 Å². The molecule has 0 spiro atoms.